The summed E-state index contributed by atoms with van der Waals surface area (Å²) in [5.41, 5.74) is 1.84. The summed E-state index contributed by atoms with van der Waals surface area (Å²) in [6.45, 7) is 1.80. The number of hydrogen-bond acceptors (Lipinski definition) is 4. The number of para-hydroxylation sites is 1. The van der Waals surface area contributed by atoms with Crippen molar-refractivity contribution in [2.45, 2.75) is 24.8 Å². The fourth-order valence-corrected chi connectivity index (χ4v) is 4.72. The van der Waals surface area contributed by atoms with Crippen LogP contribution in [0, 0.1) is 11.3 Å². The molecule has 3 rings (SSSR count). The molecular formula is C14H14ClN3O2S. The number of benzene rings is 1. The molecule has 0 aliphatic carbocycles. The lowest BCUT2D eigenvalue weighted by molar-refractivity contribution is 0.545. The Morgan fingerprint density at radius 1 is 1.52 bits per heavy atom. The maximum atomic E-state index is 11.8. The minimum atomic E-state index is -3.00. The van der Waals surface area contributed by atoms with E-state index in [1.54, 1.807) is 19.1 Å². The largest absolute Gasteiger partial charge is 0.323 e. The lowest BCUT2D eigenvalue weighted by Crippen LogP contribution is -2.14. The van der Waals surface area contributed by atoms with Gasteiger partial charge in [-0.3, -0.25) is 0 Å². The van der Waals surface area contributed by atoms with Crippen molar-refractivity contribution in [1.29, 1.82) is 5.26 Å². The van der Waals surface area contributed by atoms with E-state index >= 15 is 0 Å². The van der Waals surface area contributed by atoms with Crippen molar-refractivity contribution in [3.8, 4) is 6.07 Å². The molecule has 0 saturated carbocycles. The number of alkyl halides is 1. The summed E-state index contributed by atoms with van der Waals surface area (Å²) in [5.74, 6) is 0.911. The zero-order valence-electron chi connectivity index (χ0n) is 11.5. The average molecular weight is 324 g/mol. The van der Waals surface area contributed by atoms with E-state index in [2.05, 4.69) is 11.1 Å². The Balaban J connectivity index is 2.25. The number of rotatable bonds is 2. The van der Waals surface area contributed by atoms with Crippen LogP contribution < -0.4 is 0 Å². The van der Waals surface area contributed by atoms with Crippen LogP contribution in [0.3, 0.4) is 0 Å². The number of halogens is 1. The highest BCUT2D eigenvalue weighted by Crippen LogP contribution is 2.34. The van der Waals surface area contributed by atoms with Crippen LogP contribution in [0.2, 0.25) is 0 Å². The average Bonchev–Trinajstić information content (AvgIpc) is 2.98. The summed E-state index contributed by atoms with van der Waals surface area (Å²) in [6.07, 6.45) is 0.557. The van der Waals surface area contributed by atoms with Crippen LogP contribution >= 0.6 is 11.6 Å². The van der Waals surface area contributed by atoms with Gasteiger partial charge in [-0.15, -0.1) is 11.6 Å². The summed E-state index contributed by atoms with van der Waals surface area (Å²) < 4.78 is 25.4. The summed E-state index contributed by atoms with van der Waals surface area (Å²) in [4.78, 5) is 4.49. The van der Waals surface area contributed by atoms with E-state index < -0.39 is 9.84 Å². The number of sulfone groups is 1. The Labute approximate surface area is 128 Å². The molecule has 1 fully saturated rings. The van der Waals surface area contributed by atoms with Crippen LogP contribution in [-0.2, 0) is 9.84 Å². The Morgan fingerprint density at radius 3 is 2.86 bits per heavy atom. The van der Waals surface area contributed by atoms with Gasteiger partial charge >= 0.3 is 0 Å². The number of fused-ring (bicyclic) bond motifs is 1. The molecule has 1 saturated heterocycles. The van der Waals surface area contributed by atoms with Gasteiger partial charge in [0.1, 0.15) is 17.4 Å². The van der Waals surface area contributed by atoms with E-state index in [0.717, 1.165) is 5.52 Å². The smallest absolute Gasteiger partial charge is 0.152 e. The monoisotopic (exact) mass is 323 g/mol. The van der Waals surface area contributed by atoms with Crippen LogP contribution in [0.15, 0.2) is 18.2 Å². The van der Waals surface area contributed by atoms with Gasteiger partial charge in [-0.25, -0.2) is 13.4 Å². The molecular weight excluding hydrogens is 310 g/mol. The van der Waals surface area contributed by atoms with Crippen LogP contribution in [0.5, 0.6) is 0 Å². The molecule has 0 N–H and O–H groups in total. The van der Waals surface area contributed by atoms with Gasteiger partial charge in [0.15, 0.2) is 9.84 Å². The van der Waals surface area contributed by atoms with Crippen molar-refractivity contribution in [2.24, 2.45) is 0 Å². The highest BCUT2D eigenvalue weighted by Gasteiger charge is 2.32. The van der Waals surface area contributed by atoms with Crippen molar-refractivity contribution < 1.29 is 8.42 Å². The fraction of sp³-hybridized carbons (Fsp3) is 0.429. The summed E-state index contributed by atoms with van der Waals surface area (Å²) in [7, 11) is -3.00. The van der Waals surface area contributed by atoms with Gasteiger partial charge in [0.2, 0.25) is 0 Å². The molecule has 0 radical (unpaired) electrons. The van der Waals surface area contributed by atoms with Crippen LogP contribution in [0.4, 0.5) is 0 Å². The summed E-state index contributed by atoms with van der Waals surface area (Å²) >= 11 is 6.21. The highest BCUT2D eigenvalue weighted by molar-refractivity contribution is 7.91. The Hall–Kier alpha value is -1.58. The van der Waals surface area contributed by atoms with E-state index in [1.165, 1.54) is 0 Å². The molecule has 2 heterocycles. The molecule has 2 aromatic rings. The predicted molar refractivity (Wildman–Crippen MR) is 81.0 cm³/mol. The molecule has 1 aliphatic rings. The molecule has 21 heavy (non-hydrogen) atoms. The molecule has 7 heteroatoms. The van der Waals surface area contributed by atoms with Crippen LogP contribution in [0.1, 0.15) is 36.2 Å². The molecule has 5 nitrogen and oxygen atoms in total. The third kappa shape index (κ3) is 2.41. The van der Waals surface area contributed by atoms with Crippen LogP contribution in [0.25, 0.3) is 11.0 Å². The quantitative estimate of drug-likeness (QED) is 0.796. The van der Waals surface area contributed by atoms with Gasteiger partial charge in [0.05, 0.1) is 34.0 Å². The minimum Gasteiger partial charge on any atom is -0.323 e. The Morgan fingerprint density at radius 2 is 2.29 bits per heavy atom. The second kappa shape index (κ2) is 5.00. The fourth-order valence-electron chi connectivity index (χ4n) is 2.87. The van der Waals surface area contributed by atoms with E-state index in [1.807, 2.05) is 10.6 Å². The van der Waals surface area contributed by atoms with Gasteiger partial charge < -0.3 is 4.57 Å². The van der Waals surface area contributed by atoms with Gasteiger partial charge in [0.25, 0.3) is 0 Å². The van der Waals surface area contributed by atoms with E-state index in [9.17, 15) is 13.7 Å². The topological polar surface area (TPSA) is 75.8 Å². The Kier molecular flexibility index (Phi) is 3.42. The molecule has 1 aliphatic heterocycles. The second-order valence-corrected chi connectivity index (χ2v) is 8.18. The first-order valence-electron chi connectivity index (χ1n) is 6.68. The first-order chi connectivity index (χ1) is 9.93. The van der Waals surface area contributed by atoms with Crippen LogP contribution in [-0.4, -0.2) is 29.5 Å². The van der Waals surface area contributed by atoms with Crippen molar-refractivity contribution >= 4 is 32.5 Å². The molecule has 0 amide bonds. The number of imidazole rings is 1. The first-order valence-corrected chi connectivity index (χ1v) is 8.94. The van der Waals surface area contributed by atoms with E-state index in [0.29, 0.717) is 23.3 Å². The third-order valence-corrected chi connectivity index (χ3v) is 5.74. The predicted octanol–water partition coefficient (Wildman–Crippen LogP) is 2.57. The lowest BCUT2D eigenvalue weighted by atomic mass is 10.2. The number of aromatic nitrogens is 2. The van der Waals surface area contributed by atoms with Crippen molar-refractivity contribution in [2.75, 3.05) is 11.5 Å². The van der Waals surface area contributed by atoms with Gasteiger partial charge in [-0.05, 0) is 25.5 Å². The van der Waals surface area contributed by atoms with E-state index in [4.69, 9.17) is 11.6 Å². The summed E-state index contributed by atoms with van der Waals surface area (Å²) in [6, 6.07) is 7.30. The zero-order chi connectivity index (χ0) is 15.2. The third-order valence-electron chi connectivity index (χ3n) is 3.80. The summed E-state index contributed by atoms with van der Waals surface area (Å²) in [5, 5.41) is 8.84. The standard InChI is InChI=1S/C14H14ClN3O2S/c1-9(15)14-17-13-10(7-16)3-2-4-12(13)18(14)11-5-6-21(19,20)8-11/h2-4,9,11H,5-6,8H2,1H3. The van der Waals surface area contributed by atoms with Crippen molar-refractivity contribution in [3.05, 3.63) is 29.6 Å². The normalized spacial score (nSPS) is 22.2. The molecule has 0 spiro atoms. The molecule has 2 unspecified atom stereocenters. The SMILES string of the molecule is CC(Cl)c1nc2c(C#N)cccc2n1C1CCS(=O)(=O)C1. The second-order valence-electron chi connectivity index (χ2n) is 5.30. The maximum Gasteiger partial charge on any atom is 0.152 e. The molecule has 1 aromatic carbocycles. The van der Waals surface area contributed by atoms with E-state index in [-0.39, 0.29) is 22.9 Å². The number of nitriles is 1. The lowest BCUT2D eigenvalue weighted by Gasteiger charge is -2.16. The maximum absolute atomic E-state index is 11.8. The van der Waals surface area contributed by atoms with Gasteiger partial charge in [-0.2, -0.15) is 5.26 Å². The minimum absolute atomic E-state index is 0.103. The molecule has 2 atom stereocenters. The zero-order valence-corrected chi connectivity index (χ0v) is 13.0. The van der Waals surface area contributed by atoms with Gasteiger partial charge in [0, 0.05) is 0 Å². The van der Waals surface area contributed by atoms with Crippen molar-refractivity contribution in [1.82, 2.24) is 9.55 Å². The number of hydrogen-bond donors (Lipinski definition) is 0. The van der Waals surface area contributed by atoms with Crippen molar-refractivity contribution in [3.63, 3.8) is 0 Å². The molecule has 110 valence electrons. The van der Waals surface area contributed by atoms with Gasteiger partial charge in [-0.1, -0.05) is 6.07 Å². The molecule has 1 aromatic heterocycles. The number of nitrogens with zero attached hydrogens (tertiary/aromatic N) is 3. The molecule has 0 bridgehead atoms. The Bertz CT molecular complexity index is 849. The first kappa shape index (κ1) is 14.4. The highest BCUT2D eigenvalue weighted by atomic mass is 35.5.